The second-order valence-electron chi connectivity index (χ2n) is 14.6. The molecule has 4 heterocycles. The molecule has 0 aliphatic carbocycles. The molecule has 11 heteroatoms. The number of aliphatic hydroxyl groups is 1. The number of esters is 1. The van der Waals surface area contributed by atoms with Crippen molar-refractivity contribution >= 4 is 39.6 Å². The summed E-state index contributed by atoms with van der Waals surface area (Å²) in [4.78, 5) is 59.0. The molecule has 2 fully saturated rings. The van der Waals surface area contributed by atoms with Crippen molar-refractivity contribution in [3.63, 3.8) is 0 Å². The second-order valence-corrected chi connectivity index (χ2v) is 15.5. The number of unbranched alkanes of at least 4 members (excludes halogenated alkanes) is 3. The molecule has 0 saturated carbocycles. The summed E-state index contributed by atoms with van der Waals surface area (Å²) in [6, 6.07) is -0.961. The fraction of sp³-hybridized carbons (Fsp3) is 0.758. The summed E-state index contributed by atoms with van der Waals surface area (Å²) < 4.78 is 13.0. The van der Waals surface area contributed by atoms with Gasteiger partial charge in [-0.25, -0.2) is 0 Å². The van der Waals surface area contributed by atoms with E-state index in [9.17, 15) is 24.3 Å². The highest BCUT2D eigenvalue weighted by molar-refractivity contribution is 9.11. The van der Waals surface area contributed by atoms with Crippen molar-refractivity contribution in [1.82, 2.24) is 15.1 Å². The first-order chi connectivity index (χ1) is 20.6. The number of fused-ring (bicyclic) bond motifs is 2. The number of nitrogens with one attached hydrogen (secondary N) is 1. The van der Waals surface area contributed by atoms with E-state index in [1.807, 2.05) is 37.0 Å². The number of likely N-dealkylation sites (tertiary alicyclic amines) is 1. The smallest absolute Gasteiger partial charge is 0.313 e. The van der Waals surface area contributed by atoms with Gasteiger partial charge in [-0.2, -0.15) is 0 Å². The van der Waals surface area contributed by atoms with E-state index in [0.29, 0.717) is 43.3 Å². The summed E-state index contributed by atoms with van der Waals surface area (Å²) in [5.74, 6) is -3.07. The molecule has 4 rings (SSSR count). The maximum atomic E-state index is 15.0. The van der Waals surface area contributed by atoms with E-state index in [1.165, 1.54) is 0 Å². The van der Waals surface area contributed by atoms with Gasteiger partial charge in [-0.3, -0.25) is 19.2 Å². The number of rotatable bonds is 8. The Balaban J connectivity index is 1.80. The third kappa shape index (κ3) is 7.09. The topological polar surface area (TPSA) is 125 Å². The molecule has 2 N–H and O–H groups in total. The van der Waals surface area contributed by atoms with Crippen molar-refractivity contribution in [3.8, 4) is 0 Å². The summed E-state index contributed by atoms with van der Waals surface area (Å²) in [7, 11) is 0. The molecule has 0 aromatic rings. The van der Waals surface area contributed by atoms with Crippen LogP contribution in [-0.4, -0.2) is 94.2 Å². The lowest BCUT2D eigenvalue weighted by Crippen LogP contribution is -2.60. The predicted octanol–water partition coefficient (Wildman–Crippen LogP) is 3.85. The number of hydrogen-bond acceptors (Lipinski definition) is 7. The maximum absolute atomic E-state index is 15.0. The van der Waals surface area contributed by atoms with Crippen LogP contribution >= 0.6 is 15.9 Å². The van der Waals surface area contributed by atoms with E-state index < -0.39 is 47.2 Å². The lowest BCUT2D eigenvalue weighted by atomic mass is 9.74. The monoisotopic (exact) mass is 679 g/mol. The van der Waals surface area contributed by atoms with Gasteiger partial charge >= 0.3 is 5.97 Å². The summed E-state index contributed by atoms with van der Waals surface area (Å²) >= 11 is 3.60. The van der Waals surface area contributed by atoms with Crippen LogP contribution in [0.2, 0.25) is 0 Å². The minimum Gasteiger partial charge on any atom is -0.460 e. The van der Waals surface area contributed by atoms with Gasteiger partial charge in [0.25, 0.3) is 0 Å². The van der Waals surface area contributed by atoms with Gasteiger partial charge in [0, 0.05) is 36.1 Å². The van der Waals surface area contributed by atoms with Gasteiger partial charge in [0.15, 0.2) is 0 Å². The normalized spacial score (nSPS) is 32.5. The molecule has 2 saturated heterocycles. The highest BCUT2D eigenvalue weighted by atomic mass is 79.9. The number of allylic oxidation sites excluding steroid dienone is 1. The number of halogens is 1. The number of nitrogens with zero attached hydrogens (tertiary/aromatic N) is 2. The zero-order valence-electron chi connectivity index (χ0n) is 27.1. The molecule has 5 bridgehead atoms. The highest BCUT2D eigenvalue weighted by Gasteiger charge is 2.75. The first kappa shape index (κ1) is 34.6. The Morgan fingerprint density at radius 2 is 1.75 bits per heavy atom. The molecule has 246 valence electrons. The van der Waals surface area contributed by atoms with Gasteiger partial charge in [-0.1, -0.05) is 61.7 Å². The minimum absolute atomic E-state index is 0.0887. The third-order valence-corrected chi connectivity index (χ3v) is 9.78. The maximum Gasteiger partial charge on any atom is 0.313 e. The van der Waals surface area contributed by atoms with Gasteiger partial charge in [-0.05, 0) is 57.9 Å². The Labute approximate surface area is 270 Å². The molecule has 3 amide bonds. The van der Waals surface area contributed by atoms with Gasteiger partial charge in [-0.15, -0.1) is 0 Å². The Kier molecular flexibility index (Phi) is 10.7. The van der Waals surface area contributed by atoms with E-state index in [2.05, 4.69) is 42.0 Å². The fourth-order valence-electron chi connectivity index (χ4n) is 7.61. The molecule has 1 spiro atoms. The Hall–Kier alpha value is -2.24. The van der Waals surface area contributed by atoms with Crippen molar-refractivity contribution in [3.05, 3.63) is 22.7 Å². The molecule has 4 aliphatic rings. The first-order valence-corrected chi connectivity index (χ1v) is 16.8. The predicted molar refractivity (Wildman–Crippen MR) is 169 cm³/mol. The zero-order valence-corrected chi connectivity index (χ0v) is 28.7. The van der Waals surface area contributed by atoms with Crippen LogP contribution in [0.5, 0.6) is 0 Å². The summed E-state index contributed by atoms with van der Waals surface area (Å²) in [6.45, 7) is 13.1. The number of carbonyl (C=O) groups excluding carboxylic acids is 4. The van der Waals surface area contributed by atoms with Crippen molar-refractivity contribution in [2.75, 3.05) is 26.2 Å². The van der Waals surface area contributed by atoms with E-state index in [4.69, 9.17) is 9.47 Å². The number of cyclic esters (lactones) is 1. The summed E-state index contributed by atoms with van der Waals surface area (Å²) in [5, 5.41) is 12.1. The van der Waals surface area contributed by atoms with Crippen molar-refractivity contribution < 1.29 is 33.8 Å². The van der Waals surface area contributed by atoms with Crippen LogP contribution < -0.4 is 5.32 Å². The molecule has 6 atom stereocenters. The first-order valence-electron chi connectivity index (χ1n) is 16.0. The number of amides is 3. The summed E-state index contributed by atoms with van der Waals surface area (Å²) in [6.07, 6.45) is 8.75. The molecule has 0 aromatic heterocycles. The largest absolute Gasteiger partial charge is 0.460 e. The highest BCUT2D eigenvalue weighted by Crippen LogP contribution is 2.59. The lowest BCUT2D eigenvalue weighted by molar-refractivity contribution is -0.159. The van der Waals surface area contributed by atoms with Crippen molar-refractivity contribution in [1.29, 1.82) is 0 Å². The molecule has 0 aromatic carbocycles. The van der Waals surface area contributed by atoms with Crippen LogP contribution in [0.15, 0.2) is 22.7 Å². The van der Waals surface area contributed by atoms with Crippen LogP contribution in [0.4, 0.5) is 0 Å². The summed E-state index contributed by atoms with van der Waals surface area (Å²) in [5.41, 5.74) is -2.00. The van der Waals surface area contributed by atoms with Gasteiger partial charge in [0.05, 0.1) is 12.5 Å². The number of ether oxygens (including phenoxy) is 2. The Morgan fingerprint density at radius 1 is 1.05 bits per heavy atom. The van der Waals surface area contributed by atoms with Crippen LogP contribution in [0, 0.1) is 17.3 Å². The quantitative estimate of drug-likeness (QED) is 0.227. The zero-order chi connectivity index (χ0) is 32.4. The molecule has 44 heavy (non-hydrogen) atoms. The average molecular weight is 681 g/mol. The van der Waals surface area contributed by atoms with Gasteiger partial charge in [0.2, 0.25) is 17.7 Å². The van der Waals surface area contributed by atoms with Crippen LogP contribution in [0.25, 0.3) is 0 Å². The van der Waals surface area contributed by atoms with Gasteiger partial charge in [0.1, 0.15) is 29.8 Å². The SMILES string of the molecule is C[C@@H]1CNC(=O)CC/C=C\CN(C(C)(C)CC(C)(C)C)C(=O)[C@@H]2N(CCCCCCO)C(=O)[C@H]3[C@H](C(=O)O1)[C@H]1O[C@@]23C=C1Br. The standard InChI is InChI=1S/C33H50BrN3O7/c1-21-19-35-23(39)14-10-9-12-16-37(32(5,6)20-31(2,3)4)29(41)27-33-18-22(34)26(44-33)24(30(42)43-21)25(33)28(40)36(27)15-11-7-8-13-17-38/h9,12,18,21,24-27,38H,7-8,10-11,13-17,19-20H2,1-6H3,(H,35,39)/b12-9-/t21-,24+,25-,26+,27+,33-/m1/s1. The van der Waals surface area contributed by atoms with E-state index in [0.717, 1.165) is 12.8 Å². The molecule has 10 nitrogen and oxygen atoms in total. The van der Waals surface area contributed by atoms with Gasteiger partial charge < -0.3 is 29.7 Å². The van der Waals surface area contributed by atoms with E-state index >= 15 is 0 Å². The van der Waals surface area contributed by atoms with Crippen molar-refractivity contribution in [2.45, 2.75) is 116 Å². The van der Waals surface area contributed by atoms with Crippen LogP contribution in [0.1, 0.15) is 86.5 Å². The molecule has 0 unspecified atom stereocenters. The number of carbonyl (C=O) groups is 4. The molecular formula is C33H50BrN3O7. The average Bonchev–Trinajstić information content (AvgIpc) is 3.50. The Bertz CT molecular complexity index is 1180. The molecular weight excluding hydrogens is 630 g/mol. The number of hydrogen-bond donors (Lipinski definition) is 2. The second kappa shape index (κ2) is 13.6. The van der Waals surface area contributed by atoms with E-state index in [-0.39, 0.29) is 42.7 Å². The fourth-order valence-corrected chi connectivity index (χ4v) is 8.34. The van der Waals surface area contributed by atoms with Crippen LogP contribution in [-0.2, 0) is 28.7 Å². The van der Waals surface area contributed by atoms with Crippen molar-refractivity contribution in [2.24, 2.45) is 17.3 Å². The molecule has 0 radical (unpaired) electrons. The van der Waals surface area contributed by atoms with E-state index in [1.54, 1.807) is 11.8 Å². The lowest BCUT2D eigenvalue weighted by Gasteiger charge is -2.45. The minimum atomic E-state index is -1.32. The Morgan fingerprint density at radius 3 is 2.43 bits per heavy atom. The third-order valence-electron chi connectivity index (χ3n) is 9.10. The van der Waals surface area contributed by atoms with Crippen LogP contribution in [0.3, 0.4) is 0 Å². The number of aliphatic hydroxyl groups excluding tert-OH is 1. The molecule has 4 aliphatic heterocycles.